The van der Waals surface area contributed by atoms with E-state index in [0.717, 1.165) is 13.8 Å². The first-order chi connectivity index (χ1) is 9.76. The third-order valence-electron chi connectivity index (χ3n) is 3.10. The number of carbonyl (C=O) groups is 2. The summed E-state index contributed by atoms with van der Waals surface area (Å²) in [7, 11) is 0. The molecule has 0 aromatic rings. The fourth-order valence-corrected chi connectivity index (χ4v) is 2.38. The predicted octanol–water partition coefficient (Wildman–Crippen LogP) is -0.0779. The van der Waals surface area contributed by atoms with Crippen LogP contribution in [0.25, 0.3) is 0 Å². The van der Waals surface area contributed by atoms with E-state index in [-0.39, 0.29) is 25.0 Å². The van der Waals surface area contributed by atoms with Gasteiger partial charge in [-0.1, -0.05) is 0 Å². The van der Waals surface area contributed by atoms with Gasteiger partial charge in [0.1, 0.15) is 0 Å². The number of hydrogen-bond acceptors (Lipinski definition) is 6. The van der Waals surface area contributed by atoms with Crippen LogP contribution in [0, 0.1) is 11.8 Å². The van der Waals surface area contributed by atoms with Crippen molar-refractivity contribution in [2.75, 3.05) is 26.4 Å². The van der Waals surface area contributed by atoms with Crippen molar-refractivity contribution in [3.8, 4) is 0 Å². The van der Waals surface area contributed by atoms with Crippen molar-refractivity contribution in [3.63, 3.8) is 0 Å². The van der Waals surface area contributed by atoms with Gasteiger partial charge in [-0.2, -0.15) is 0 Å². The van der Waals surface area contributed by atoms with Gasteiger partial charge >= 0.3 is 0 Å². The van der Waals surface area contributed by atoms with Gasteiger partial charge in [-0.05, 0) is 11.8 Å². The molecule has 2 unspecified atom stereocenters. The Morgan fingerprint density at radius 2 is 1.24 bits per heavy atom. The third kappa shape index (κ3) is 7.96. The van der Waals surface area contributed by atoms with E-state index in [1.54, 1.807) is 0 Å². The maximum absolute atomic E-state index is 9.09. The monoisotopic (exact) mass is 308 g/mol. The molecule has 1 spiro atoms. The third-order valence-corrected chi connectivity index (χ3v) is 3.10. The summed E-state index contributed by atoms with van der Waals surface area (Å²) in [5, 5.41) is 33.0. The van der Waals surface area contributed by atoms with Crippen molar-refractivity contribution in [3.05, 3.63) is 0 Å². The molecule has 8 heteroatoms. The van der Waals surface area contributed by atoms with Gasteiger partial charge in [0.2, 0.25) is 0 Å². The molecule has 2 rings (SSSR count). The fourth-order valence-electron chi connectivity index (χ4n) is 2.38. The summed E-state index contributed by atoms with van der Waals surface area (Å²) in [4.78, 5) is 18.0. The molecular formula is C13H24O8. The van der Waals surface area contributed by atoms with Crippen LogP contribution in [0.1, 0.15) is 26.7 Å². The highest BCUT2D eigenvalue weighted by Gasteiger charge is 2.48. The van der Waals surface area contributed by atoms with Gasteiger partial charge in [0.05, 0.1) is 13.2 Å². The molecule has 124 valence electrons. The zero-order chi connectivity index (χ0) is 16.5. The van der Waals surface area contributed by atoms with Crippen LogP contribution in [-0.2, 0) is 19.1 Å². The maximum atomic E-state index is 9.09. The highest BCUT2D eigenvalue weighted by molar-refractivity contribution is 5.63. The van der Waals surface area contributed by atoms with E-state index in [0.29, 0.717) is 26.1 Å². The van der Waals surface area contributed by atoms with Crippen molar-refractivity contribution in [2.45, 2.75) is 32.5 Å². The second-order valence-electron chi connectivity index (χ2n) is 4.94. The lowest BCUT2D eigenvalue weighted by Gasteiger charge is -2.21. The molecule has 0 amide bonds. The molecule has 0 bridgehead atoms. The summed E-state index contributed by atoms with van der Waals surface area (Å²) in [6, 6.07) is 0. The van der Waals surface area contributed by atoms with E-state index in [1.165, 1.54) is 0 Å². The van der Waals surface area contributed by atoms with E-state index >= 15 is 0 Å². The van der Waals surface area contributed by atoms with Crippen molar-refractivity contribution in [2.24, 2.45) is 11.8 Å². The highest BCUT2D eigenvalue weighted by Crippen LogP contribution is 2.44. The average molecular weight is 308 g/mol. The van der Waals surface area contributed by atoms with E-state index in [1.807, 2.05) is 0 Å². The first kappa shape index (κ1) is 19.8. The minimum absolute atomic E-state index is 0.111. The number of carboxylic acid groups (broad SMARTS) is 2. The van der Waals surface area contributed by atoms with Crippen molar-refractivity contribution in [1.82, 2.24) is 0 Å². The summed E-state index contributed by atoms with van der Waals surface area (Å²) in [6.07, 6.45) is 1.43. The van der Waals surface area contributed by atoms with Gasteiger partial charge in [0, 0.05) is 39.9 Å². The van der Waals surface area contributed by atoms with Crippen molar-refractivity contribution >= 4 is 11.9 Å². The molecule has 0 radical (unpaired) electrons. The fraction of sp³-hybridized carbons (Fsp3) is 0.846. The summed E-state index contributed by atoms with van der Waals surface area (Å²) in [5.74, 6) is -1.90. The maximum Gasteiger partial charge on any atom is 0.300 e. The van der Waals surface area contributed by atoms with Gasteiger partial charge in [0.15, 0.2) is 5.79 Å². The molecule has 2 fully saturated rings. The molecular weight excluding hydrogens is 284 g/mol. The van der Waals surface area contributed by atoms with Crippen molar-refractivity contribution < 1.29 is 39.5 Å². The summed E-state index contributed by atoms with van der Waals surface area (Å²) < 4.78 is 11.0. The second-order valence-corrected chi connectivity index (χ2v) is 4.94. The Balaban J connectivity index is 0.000000421. The van der Waals surface area contributed by atoms with Crippen LogP contribution in [-0.4, -0.2) is 64.6 Å². The molecule has 1 saturated heterocycles. The van der Waals surface area contributed by atoms with Crippen LogP contribution < -0.4 is 0 Å². The van der Waals surface area contributed by atoms with Crippen LogP contribution in [0.15, 0.2) is 0 Å². The van der Waals surface area contributed by atoms with Gasteiger partial charge in [-0.15, -0.1) is 0 Å². The Bertz CT molecular complexity index is 290. The first-order valence-corrected chi connectivity index (χ1v) is 6.65. The number of hydrogen-bond donors (Lipinski definition) is 4. The number of aliphatic hydroxyl groups is 2. The van der Waals surface area contributed by atoms with E-state index in [2.05, 4.69) is 0 Å². The molecule has 0 aromatic heterocycles. The molecule has 1 heterocycles. The van der Waals surface area contributed by atoms with Gasteiger partial charge in [-0.25, -0.2) is 0 Å². The predicted molar refractivity (Wildman–Crippen MR) is 71.6 cm³/mol. The number of carboxylic acids is 2. The Morgan fingerprint density at radius 1 is 0.952 bits per heavy atom. The largest absolute Gasteiger partial charge is 0.481 e. The van der Waals surface area contributed by atoms with E-state index in [4.69, 9.17) is 39.5 Å². The molecule has 1 saturated carbocycles. The SMILES string of the molecule is CC(=O)O.CC(=O)O.OCC1CC2(CC1CO)OCCO2. The van der Waals surface area contributed by atoms with Gasteiger partial charge in [0.25, 0.3) is 11.9 Å². The van der Waals surface area contributed by atoms with Gasteiger partial charge < -0.3 is 29.9 Å². The summed E-state index contributed by atoms with van der Waals surface area (Å²) in [6.45, 7) is 3.66. The molecule has 0 aromatic carbocycles. The number of rotatable bonds is 2. The lowest BCUT2D eigenvalue weighted by atomic mass is 9.98. The molecule has 1 aliphatic heterocycles. The molecule has 2 aliphatic rings. The minimum atomic E-state index is -0.833. The molecule has 4 N–H and O–H groups in total. The Morgan fingerprint density at radius 3 is 1.48 bits per heavy atom. The molecule has 1 aliphatic carbocycles. The number of aliphatic carboxylic acids is 2. The summed E-state index contributed by atoms with van der Waals surface area (Å²) in [5.41, 5.74) is 0. The molecule has 2 atom stereocenters. The zero-order valence-electron chi connectivity index (χ0n) is 12.3. The van der Waals surface area contributed by atoms with Crippen LogP contribution in [0.3, 0.4) is 0 Å². The Hall–Kier alpha value is -1.22. The first-order valence-electron chi connectivity index (χ1n) is 6.65. The minimum Gasteiger partial charge on any atom is -0.481 e. The lowest BCUT2D eigenvalue weighted by Crippen LogP contribution is -2.26. The normalized spacial score (nSPS) is 25.5. The smallest absolute Gasteiger partial charge is 0.300 e. The molecule has 21 heavy (non-hydrogen) atoms. The summed E-state index contributed by atoms with van der Waals surface area (Å²) >= 11 is 0. The van der Waals surface area contributed by atoms with Crippen LogP contribution in [0.4, 0.5) is 0 Å². The second kappa shape index (κ2) is 9.67. The zero-order valence-corrected chi connectivity index (χ0v) is 12.3. The van der Waals surface area contributed by atoms with Crippen LogP contribution >= 0.6 is 0 Å². The van der Waals surface area contributed by atoms with Crippen LogP contribution in [0.5, 0.6) is 0 Å². The Kier molecular flexibility index (Phi) is 9.11. The highest BCUT2D eigenvalue weighted by atomic mass is 16.7. The van der Waals surface area contributed by atoms with E-state index < -0.39 is 17.7 Å². The Labute approximate surface area is 123 Å². The number of aliphatic hydroxyl groups excluding tert-OH is 2. The number of ether oxygens (including phenoxy) is 2. The van der Waals surface area contributed by atoms with Crippen molar-refractivity contribution in [1.29, 1.82) is 0 Å². The van der Waals surface area contributed by atoms with Crippen LogP contribution in [0.2, 0.25) is 0 Å². The standard InChI is InChI=1S/C9H16O4.2C2H4O2/c10-5-7-3-9(4-8(7)6-11)12-1-2-13-9;2*1-2(3)4/h7-8,10-11H,1-6H2;2*1H3,(H,3,4). The lowest BCUT2D eigenvalue weighted by molar-refractivity contribution is -0.155. The molecule has 8 nitrogen and oxygen atoms in total. The van der Waals surface area contributed by atoms with E-state index in [9.17, 15) is 0 Å². The quantitative estimate of drug-likeness (QED) is 0.556. The van der Waals surface area contributed by atoms with Gasteiger partial charge in [-0.3, -0.25) is 9.59 Å². The topological polar surface area (TPSA) is 134 Å². The average Bonchev–Trinajstić information content (AvgIpc) is 2.95.